The molecule has 0 atom stereocenters. The predicted octanol–water partition coefficient (Wildman–Crippen LogP) is 1.66. The van der Waals surface area contributed by atoms with E-state index in [9.17, 15) is 28.1 Å². The topological polar surface area (TPSA) is 133 Å². The molecule has 0 saturated heterocycles. The number of nitro benzene ring substituents is 1. The SMILES string of the molecule is COC(=O)C1(C(=O)OC)C/C=C\CN(S(=O)(=O)c2ccccc2[N+](=O)[O-])CCC1. The minimum absolute atomic E-state index is 0.000407. The number of carbonyl (C=O) groups is 2. The molecule has 0 unspecified atom stereocenters. The molecule has 1 aliphatic rings. The van der Waals surface area contributed by atoms with Gasteiger partial charge in [0.2, 0.25) is 10.0 Å². The maximum Gasteiger partial charge on any atom is 0.323 e. The zero-order chi connectivity index (χ0) is 21.7. The van der Waals surface area contributed by atoms with E-state index in [-0.39, 0.29) is 32.4 Å². The molecule has 29 heavy (non-hydrogen) atoms. The predicted molar refractivity (Wildman–Crippen MR) is 101 cm³/mol. The van der Waals surface area contributed by atoms with Crippen molar-refractivity contribution in [2.75, 3.05) is 27.3 Å². The van der Waals surface area contributed by atoms with E-state index in [1.54, 1.807) is 0 Å². The van der Waals surface area contributed by atoms with E-state index in [1.165, 1.54) is 30.4 Å². The van der Waals surface area contributed by atoms with E-state index in [0.29, 0.717) is 0 Å². The molecular formula is C18H22N2O8S. The van der Waals surface area contributed by atoms with Crippen molar-refractivity contribution in [1.29, 1.82) is 0 Å². The molecule has 0 saturated carbocycles. The Morgan fingerprint density at radius 2 is 1.76 bits per heavy atom. The fourth-order valence-electron chi connectivity index (χ4n) is 3.26. The molecule has 0 bridgehead atoms. The van der Waals surface area contributed by atoms with Crippen LogP contribution in [-0.4, -0.2) is 56.9 Å². The summed E-state index contributed by atoms with van der Waals surface area (Å²) in [6.45, 7) is -0.110. The number of hydrogen-bond acceptors (Lipinski definition) is 8. The average molecular weight is 426 g/mol. The summed E-state index contributed by atoms with van der Waals surface area (Å²) in [6.07, 6.45) is 3.15. The van der Waals surface area contributed by atoms with E-state index in [0.717, 1.165) is 24.6 Å². The Hall–Kier alpha value is -2.79. The number of ether oxygens (including phenoxy) is 2. The summed E-state index contributed by atoms with van der Waals surface area (Å²) < 4.78 is 36.7. The van der Waals surface area contributed by atoms with Crippen molar-refractivity contribution in [2.45, 2.75) is 24.2 Å². The van der Waals surface area contributed by atoms with Gasteiger partial charge in [-0.1, -0.05) is 24.3 Å². The van der Waals surface area contributed by atoms with Crippen LogP contribution in [0.5, 0.6) is 0 Å². The summed E-state index contributed by atoms with van der Waals surface area (Å²) in [7, 11) is -1.85. The lowest BCUT2D eigenvalue weighted by Crippen LogP contribution is -2.41. The third-order valence-electron chi connectivity index (χ3n) is 4.79. The zero-order valence-electron chi connectivity index (χ0n) is 16.1. The second-order valence-electron chi connectivity index (χ2n) is 6.43. The van der Waals surface area contributed by atoms with Gasteiger partial charge in [0, 0.05) is 19.2 Å². The maximum atomic E-state index is 13.0. The molecule has 0 radical (unpaired) electrons. The number of benzene rings is 1. The molecule has 0 aromatic heterocycles. The quantitative estimate of drug-likeness (QED) is 0.228. The van der Waals surface area contributed by atoms with E-state index < -0.39 is 42.9 Å². The Bertz CT molecular complexity index is 910. The molecule has 1 aromatic carbocycles. The third-order valence-corrected chi connectivity index (χ3v) is 6.70. The molecule has 11 heteroatoms. The maximum absolute atomic E-state index is 13.0. The third kappa shape index (κ3) is 4.46. The molecule has 0 aliphatic carbocycles. The van der Waals surface area contributed by atoms with Gasteiger partial charge in [-0.3, -0.25) is 19.7 Å². The van der Waals surface area contributed by atoms with Gasteiger partial charge >= 0.3 is 11.9 Å². The lowest BCUT2D eigenvalue weighted by molar-refractivity contribution is -0.387. The number of methoxy groups -OCH3 is 2. The summed E-state index contributed by atoms with van der Waals surface area (Å²) in [4.78, 5) is 34.7. The second-order valence-corrected chi connectivity index (χ2v) is 8.34. The van der Waals surface area contributed by atoms with Gasteiger partial charge in [0.1, 0.15) is 0 Å². The lowest BCUT2D eigenvalue weighted by Gasteiger charge is -2.27. The summed E-state index contributed by atoms with van der Waals surface area (Å²) in [5.41, 5.74) is -2.09. The van der Waals surface area contributed by atoms with Crippen molar-refractivity contribution < 1.29 is 32.4 Å². The molecule has 1 aliphatic heterocycles. The van der Waals surface area contributed by atoms with Gasteiger partial charge in [-0.25, -0.2) is 8.42 Å². The Balaban J connectivity index is 2.36. The normalized spacial score (nSPS) is 18.6. The van der Waals surface area contributed by atoms with E-state index in [2.05, 4.69) is 0 Å². The standard InChI is InChI=1S/C18H22N2O8S/c1-27-16(21)18(17(22)28-2)10-5-6-12-19(13-7-11-18)29(25,26)15-9-4-3-8-14(15)20(23)24/h3-6,8-9H,7,10-13H2,1-2H3/b6-5-. The number of para-hydroxylation sites is 1. The molecule has 0 spiro atoms. The molecule has 10 nitrogen and oxygen atoms in total. The number of nitro groups is 1. The van der Waals surface area contributed by atoms with Gasteiger partial charge in [-0.05, 0) is 25.3 Å². The highest BCUT2D eigenvalue weighted by Gasteiger charge is 2.47. The van der Waals surface area contributed by atoms with Crippen LogP contribution in [-0.2, 0) is 29.1 Å². The first-order chi connectivity index (χ1) is 13.7. The zero-order valence-corrected chi connectivity index (χ0v) is 16.9. The van der Waals surface area contributed by atoms with Gasteiger partial charge in [0.15, 0.2) is 10.3 Å². The molecule has 1 heterocycles. The first-order valence-electron chi connectivity index (χ1n) is 8.76. The van der Waals surface area contributed by atoms with E-state index in [1.807, 2.05) is 0 Å². The van der Waals surface area contributed by atoms with Crippen molar-refractivity contribution in [3.8, 4) is 0 Å². The van der Waals surface area contributed by atoms with Crippen LogP contribution < -0.4 is 0 Å². The van der Waals surface area contributed by atoms with Crippen LogP contribution in [0.2, 0.25) is 0 Å². The molecule has 0 N–H and O–H groups in total. The minimum Gasteiger partial charge on any atom is -0.468 e. The van der Waals surface area contributed by atoms with Gasteiger partial charge in [0.05, 0.1) is 19.1 Å². The van der Waals surface area contributed by atoms with Crippen LogP contribution in [0.1, 0.15) is 19.3 Å². The van der Waals surface area contributed by atoms with Gasteiger partial charge in [-0.15, -0.1) is 0 Å². The molecule has 1 aromatic rings. The Morgan fingerprint density at radius 3 is 2.34 bits per heavy atom. The number of esters is 2. The summed E-state index contributed by atoms with van der Waals surface area (Å²) in [6, 6.07) is 5.09. The van der Waals surface area contributed by atoms with Gasteiger partial charge < -0.3 is 9.47 Å². The average Bonchev–Trinajstić information content (AvgIpc) is 2.83. The molecular weight excluding hydrogens is 404 g/mol. The lowest BCUT2D eigenvalue weighted by atomic mass is 9.80. The van der Waals surface area contributed by atoms with Crippen molar-refractivity contribution >= 4 is 27.6 Å². The van der Waals surface area contributed by atoms with Crippen LogP contribution >= 0.6 is 0 Å². The summed E-state index contributed by atoms with van der Waals surface area (Å²) in [5, 5.41) is 11.2. The smallest absolute Gasteiger partial charge is 0.323 e. The molecule has 2 rings (SSSR count). The largest absolute Gasteiger partial charge is 0.468 e. The number of sulfonamides is 1. The summed E-state index contributed by atoms with van der Waals surface area (Å²) >= 11 is 0. The van der Waals surface area contributed by atoms with E-state index in [4.69, 9.17) is 9.47 Å². The second kappa shape index (κ2) is 9.14. The first kappa shape index (κ1) is 22.5. The van der Waals surface area contributed by atoms with Crippen LogP contribution in [0.3, 0.4) is 0 Å². The Labute approximate surface area is 168 Å². The van der Waals surface area contributed by atoms with Crippen LogP contribution in [0.15, 0.2) is 41.3 Å². The van der Waals surface area contributed by atoms with Gasteiger partial charge in [0.25, 0.3) is 5.69 Å². The highest BCUT2D eigenvalue weighted by atomic mass is 32.2. The minimum atomic E-state index is -4.17. The number of hydrogen-bond donors (Lipinski definition) is 0. The van der Waals surface area contributed by atoms with Crippen LogP contribution in [0, 0.1) is 15.5 Å². The molecule has 158 valence electrons. The van der Waals surface area contributed by atoms with Crippen molar-refractivity contribution in [3.63, 3.8) is 0 Å². The number of carbonyl (C=O) groups excluding carboxylic acids is 2. The molecule has 0 fully saturated rings. The highest BCUT2D eigenvalue weighted by Crippen LogP contribution is 2.34. The fraction of sp³-hybridized carbons (Fsp3) is 0.444. The Morgan fingerprint density at radius 1 is 1.14 bits per heavy atom. The number of nitrogens with zero attached hydrogens (tertiary/aromatic N) is 2. The first-order valence-corrected chi connectivity index (χ1v) is 10.2. The van der Waals surface area contributed by atoms with Crippen LogP contribution in [0.25, 0.3) is 0 Å². The number of rotatable bonds is 5. The highest BCUT2D eigenvalue weighted by molar-refractivity contribution is 7.89. The summed E-state index contributed by atoms with van der Waals surface area (Å²) in [5.74, 6) is -1.52. The van der Waals surface area contributed by atoms with Crippen molar-refractivity contribution in [2.24, 2.45) is 5.41 Å². The molecule has 0 amide bonds. The van der Waals surface area contributed by atoms with Crippen molar-refractivity contribution in [1.82, 2.24) is 4.31 Å². The van der Waals surface area contributed by atoms with Crippen LogP contribution in [0.4, 0.5) is 5.69 Å². The monoisotopic (exact) mass is 426 g/mol. The number of allylic oxidation sites excluding steroid dienone is 1. The van der Waals surface area contributed by atoms with E-state index >= 15 is 0 Å². The Kier molecular flexibility index (Phi) is 7.09. The van der Waals surface area contributed by atoms with Gasteiger partial charge in [-0.2, -0.15) is 4.31 Å². The van der Waals surface area contributed by atoms with Crippen molar-refractivity contribution in [3.05, 3.63) is 46.5 Å². The fourth-order valence-corrected chi connectivity index (χ4v) is 4.84.